The smallest absolute Gasteiger partial charge is 0.310 e. The van der Waals surface area contributed by atoms with Crippen molar-refractivity contribution < 1.29 is 54.2 Å². The molecular formula is C41H55Cl4N3O12S3. The molecule has 3 saturated heterocycles. The van der Waals surface area contributed by atoms with Gasteiger partial charge in [0.1, 0.15) is 14.7 Å². The number of nitrogens with one attached hydrogen (secondary N) is 1. The predicted octanol–water partition coefficient (Wildman–Crippen LogP) is 7.58. The average molecular weight is 1020 g/mol. The van der Waals surface area contributed by atoms with E-state index in [1.165, 1.54) is 38.9 Å². The summed E-state index contributed by atoms with van der Waals surface area (Å²) < 4.78 is 84.0. The lowest BCUT2D eigenvalue weighted by Crippen LogP contribution is -2.42. The monoisotopic (exact) mass is 1020 g/mol. The standard InChI is InChI=1S/C14H18ClNO4S.C12H14ClNO4S.C8H15NO2.C6H4Cl2O2S.CH4/c1-2-20-14(17)11-6-5-9-16(10-11)21(18,19)13-8-4-3-7-12(13)15;13-10-5-1-2-6-11(10)19(17,18)14-7-3-4-9(8-14)12(15)16;1-2-11-8(10)7-4-3-5-9-6-7;7-5-3-1-2-4-6(5)11(8,9)10;/h3-4,7-8,11H,2,5-6,9-10H2,1H3;1-2,5-6,9H,3-4,7-8H2,(H,15,16);7,9H,2-6H2,1H3;1-4H;1H4/t11-;9-;7-;;/m000../s1. The number of hydrogen-bond acceptors (Lipinski definition) is 12. The van der Waals surface area contributed by atoms with E-state index in [1.54, 1.807) is 49.4 Å². The first-order valence-corrected chi connectivity index (χ1v) is 26.0. The van der Waals surface area contributed by atoms with Crippen molar-refractivity contribution in [3.05, 3.63) is 87.9 Å². The molecule has 3 fully saturated rings. The maximum atomic E-state index is 12.6. The van der Waals surface area contributed by atoms with Gasteiger partial charge < -0.3 is 19.9 Å². The van der Waals surface area contributed by atoms with Gasteiger partial charge in [0.25, 0.3) is 9.05 Å². The minimum atomic E-state index is -3.72. The number of nitrogens with zero attached hydrogens (tertiary/aromatic N) is 2. The highest BCUT2D eigenvalue weighted by molar-refractivity contribution is 8.13. The fourth-order valence-corrected chi connectivity index (χ4v) is 12.1. The number of piperidine rings is 3. The molecule has 22 heteroatoms. The molecule has 0 bridgehead atoms. The Labute approximate surface area is 390 Å². The second kappa shape index (κ2) is 26.8. The zero-order valence-electron chi connectivity index (χ0n) is 34.1. The normalized spacial score (nSPS) is 19.4. The quantitative estimate of drug-likeness (QED) is 0.148. The molecule has 2 N–H and O–H groups in total. The summed E-state index contributed by atoms with van der Waals surface area (Å²) in [5.74, 6) is -2.29. The molecule has 15 nitrogen and oxygen atoms in total. The largest absolute Gasteiger partial charge is 0.481 e. The van der Waals surface area contributed by atoms with Crippen LogP contribution in [-0.2, 0) is 53.0 Å². The molecule has 0 spiro atoms. The number of aliphatic carboxylic acids is 1. The van der Waals surface area contributed by atoms with E-state index in [-0.39, 0.29) is 68.1 Å². The maximum absolute atomic E-state index is 12.6. The second-order valence-corrected chi connectivity index (χ2v) is 21.6. The van der Waals surface area contributed by atoms with Crippen molar-refractivity contribution in [1.82, 2.24) is 13.9 Å². The van der Waals surface area contributed by atoms with Crippen molar-refractivity contribution in [2.75, 3.05) is 52.5 Å². The van der Waals surface area contributed by atoms with Gasteiger partial charge in [0, 0.05) is 43.4 Å². The summed E-state index contributed by atoms with van der Waals surface area (Å²) >= 11 is 17.4. The van der Waals surface area contributed by atoms with E-state index in [0.29, 0.717) is 52.0 Å². The van der Waals surface area contributed by atoms with E-state index in [4.69, 9.17) is 60.1 Å². The molecule has 0 amide bonds. The van der Waals surface area contributed by atoms with Gasteiger partial charge >= 0.3 is 17.9 Å². The fraction of sp³-hybridized carbons (Fsp3) is 0.488. The lowest BCUT2D eigenvalue weighted by atomic mass is 10.0. The summed E-state index contributed by atoms with van der Waals surface area (Å²) in [6.45, 7) is 7.07. The van der Waals surface area contributed by atoms with Gasteiger partial charge in [-0.05, 0) is 95.3 Å². The first-order valence-electron chi connectivity index (χ1n) is 19.7. The number of hydrogen-bond donors (Lipinski definition) is 2. The van der Waals surface area contributed by atoms with Crippen LogP contribution in [-0.4, -0.2) is 109 Å². The molecule has 0 aliphatic carbocycles. The Morgan fingerprint density at radius 1 is 0.635 bits per heavy atom. The van der Waals surface area contributed by atoms with Crippen LogP contribution in [0.25, 0.3) is 0 Å². The third-order valence-corrected chi connectivity index (χ3v) is 16.2. The topological polar surface area (TPSA) is 211 Å². The molecule has 6 rings (SSSR count). The van der Waals surface area contributed by atoms with Crippen LogP contribution in [0.15, 0.2) is 87.5 Å². The number of carboxylic acid groups (broad SMARTS) is 1. The maximum Gasteiger partial charge on any atom is 0.310 e. The molecule has 0 aromatic heterocycles. The Morgan fingerprint density at radius 3 is 1.38 bits per heavy atom. The van der Waals surface area contributed by atoms with E-state index in [1.807, 2.05) is 6.92 Å². The summed E-state index contributed by atoms with van der Waals surface area (Å²) in [7, 11) is -6.04. The molecule has 3 aliphatic rings. The van der Waals surface area contributed by atoms with E-state index in [2.05, 4.69) is 5.32 Å². The summed E-state index contributed by atoms with van der Waals surface area (Å²) in [5, 5.41) is 12.7. The third kappa shape index (κ3) is 17.0. The number of benzene rings is 3. The first-order chi connectivity index (χ1) is 29.2. The Hall–Kier alpha value is -3.04. The van der Waals surface area contributed by atoms with Gasteiger partial charge in [0.2, 0.25) is 20.0 Å². The molecule has 0 unspecified atom stereocenters. The molecule has 63 heavy (non-hydrogen) atoms. The fourth-order valence-electron chi connectivity index (χ4n) is 6.52. The van der Waals surface area contributed by atoms with Gasteiger partial charge in [-0.3, -0.25) is 14.4 Å². The van der Waals surface area contributed by atoms with E-state index in [9.17, 15) is 39.6 Å². The van der Waals surface area contributed by atoms with Crippen molar-refractivity contribution in [2.24, 2.45) is 17.8 Å². The summed E-state index contributed by atoms with van der Waals surface area (Å²) in [5.41, 5.74) is 0. The summed E-state index contributed by atoms with van der Waals surface area (Å²) in [6, 6.07) is 18.5. The van der Waals surface area contributed by atoms with Gasteiger partial charge in [0.05, 0.1) is 46.0 Å². The Morgan fingerprint density at radius 2 is 1.02 bits per heavy atom. The predicted molar refractivity (Wildman–Crippen MR) is 244 cm³/mol. The van der Waals surface area contributed by atoms with Crippen LogP contribution in [0.4, 0.5) is 0 Å². The molecule has 0 saturated carbocycles. The van der Waals surface area contributed by atoms with Crippen molar-refractivity contribution >= 4 is 92.5 Å². The van der Waals surface area contributed by atoms with Crippen molar-refractivity contribution in [3.8, 4) is 0 Å². The summed E-state index contributed by atoms with van der Waals surface area (Å²) in [4.78, 5) is 34.0. The summed E-state index contributed by atoms with van der Waals surface area (Å²) in [6.07, 6.45) is 4.39. The number of carbonyl (C=O) groups excluding carboxylic acids is 2. The van der Waals surface area contributed by atoms with Crippen LogP contribution in [0.2, 0.25) is 15.1 Å². The van der Waals surface area contributed by atoms with Gasteiger partial charge in [-0.1, -0.05) is 78.6 Å². The lowest BCUT2D eigenvalue weighted by Gasteiger charge is -2.30. The first kappa shape index (κ1) is 56.1. The molecule has 3 heterocycles. The number of ether oxygens (including phenoxy) is 2. The lowest BCUT2D eigenvalue weighted by molar-refractivity contribution is -0.149. The highest BCUT2D eigenvalue weighted by Gasteiger charge is 2.36. The zero-order valence-corrected chi connectivity index (χ0v) is 39.6. The minimum absolute atomic E-state index is 0. The molecule has 3 aliphatic heterocycles. The minimum Gasteiger partial charge on any atom is -0.481 e. The van der Waals surface area contributed by atoms with Gasteiger partial charge in [-0.25, -0.2) is 25.3 Å². The second-order valence-electron chi connectivity index (χ2n) is 14.0. The third-order valence-electron chi connectivity index (χ3n) is 9.66. The van der Waals surface area contributed by atoms with Crippen molar-refractivity contribution in [3.63, 3.8) is 0 Å². The molecular weight excluding hydrogens is 964 g/mol. The van der Waals surface area contributed by atoms with Crippen LogP contribution in [0.3, 0.4) is 0 Å². The number of sulfonamides is 2. The van der Waals surface area contributed by atoms with Crippen LogP contribution in [0.1, 0.15) is 59.8 Å². The van der Waals surface area contributed by atoms with Crippen LogP contribution in [0.5, 0.6) is 0 Å². The molecule has 3 aromatic rings. The van der Waals surface area contributed by atoms with Crippen molar-refractivity contribution in [2.45, 2.75) is 74.5 Å². The number of carbonyl (C=O) groups is 3. The van der Waals surface area contributed by atoms with E-state index < -0.39 is 46.9 Å². The van der Waals surface area contributed by atoms with Crippen LogP contribution < -0.4 is 5.32 Å². The molecule has 3 atom stereocenters. The molecule has 0 radical (unpaired) electrons. The van der Waals surface area contributed by atoms with Crippen LogP contribution in [0, 0.1) is 17.8 Å². The Balaban J connectivity index is 0.000000299. The average Bonchev–Trinajstić information content (AvgIpc) is 3.25. The van der Waals surface area contributed by atoms with E-state index in [0.717, 1.165) is 25.9 Å². The van der Waals surface area contributed by atoms with Gasteiger partial charge in [-0.15, -0.1) is 0 Å². The Bertz CT molecular complexity index is 2300. The van der Waals surface area contributed by atoms with Crippen molar-refractivity contribution in [1.29, 1.82) is 0 Å². The molecule has 3 aromatic carbocycles. The molecule has 352 valence electrons. The van der Waals surface area contributed by atoms with Gasteiger partial charge in [0.15, 0.2) is 0 Å². The highest BCUT2D eigenvalue weighted by Crippen LogP contribution is 2.30. The Kier molecular flexibility index (Phi) is 23.9. The van der Waals surface area contributed by atoms with Gasteiger partial charge in [-0.2, -0.15) is 8.61 Å². The van der Waals surface area contributed by atoms with E-state index >= 15 is 0 Å². The SMILES string of the molecule is C.CCOC(=O)[C@H]1CCCN(S(=O)(=O)c2ccccc2Cl)C1.CCOC(=O)[C@H]1CCCNC1.O=C(O)[C@H]1CCCN(S(=O)(=O)c2ccccc2Cl)C1.O=S(=O)(Cl)c1ccccc1Cl. The number of rotatable bonds is 10. The highest BCUT2D eigenvalue weighted by atomic mass is 35.7. The number of halogens is 4. The van der Waals surface area contributed by atoms with Crippen LogP contribution >= 0.6 is 45.5 Å². The number of carboxylic acids is 1. The zero-order chi connectivity index (χ0) is 46.1. The number of esters is 2.